The van der Waals surface area contributed by atoms with E-state index in [1.165, 1.54) is 36.8 Å². The molecule has 0 saturated heterocycles. The minimum Gasteiger partial charge on any atom is -0.493 e. The van der Waals surface area contributed by atoms with Gasteiger partial charge in [0.05, 0.1) is 6.61 Å². The van der Waals surface area contributed by atoms with Crippen molar-refractivity contribution in [2.45, 2.75) is 57.4 Å². The van der Waals surface area contributed by atoms with Gasteiger partial charge in [0.15, 0.2) is 0 Å². The van der Waals surface area contributed by atoms with E-state index in [0.29, 0.717) is 12.6 Å². The molecule has 0 spiro atoms. The Labute approximate surface area is 127 Å². The van der Waals surface area contributed by atoms with Crippen LogP contribution in [0, 0.1) is 0 Å². The monoisotopic (exact) mass is 289 g/mol. The Morgan fingerprint density at radius 1 is 1.05 bits per heavy atom. The summed E-state index contributed by atoms with van der Waals surface area (Å²) in [7, 11) is 0. The standard InChI is InChI=1S/C18H27NO2/c20-9-4-2-1-3-8-19-17-6-5-14-11-15-7-10-21-18(15)13-16(14)12-17/h11,13,17,19-20H,1-10,12H2. The predicted octanol–water partition coefficient (Wildman–Crippen LogP) is 2.62. The molecule has 21 heavy (non-hydrogen) atoms. The van der Waals surface area contributed by atoms with Crippen LogP contribution in [0.4, 0.5) is 0 Å². The topological polar surface area (TPSA) is 41.5 Å². The van der Waals surface area contributed by atoms with E-state index in [4.69, 9.17) is 9.84 Å². The number of fused-ring (bicyclic) bond motifs is 2. The maximum Gasteiger partial charge on any atom is 0.122 e. The van der Waals surface area contributed by atoms with E-state index in [2.05, 4.69) is 17.4 Å². The number of aryl methyl sites for hydroxylation is 1. The van der Waals surface area contributed by atoms with Crippen molar-refractivity contribution >= 4 is 0 Å². The lowest BCUT2D eigenvalue weighted by Crippen LogP contribution is -2.35. The molecule has 1 aliphatic carbocycles. The van der Waals surface area contributed by atoms with E-state index in [1.807, 2.05) is 0 Å². The molecule has 2 aliphatic rings. The highest BCUT2D eigenvalue weighted by atomic mass is 16.5. The van der Waals surface area contributed by atoms with Crippen molar-refractivity contribution in [3.05, 3.63) is 28.8 Å². The van der Waals surface area contributed by atoms with Gasteiger partial charge < -0.3 is 15.2 Å². The first-order chi connectivity index (χ1) is 10.4. The summed E-state index contributed by atoms with van der Waals surface area (Å²) in [5, 5.41) is 12.5. The van der Waals surface area contributed by atoms with Crippen LogP contribution in [0.25, 0.3) is 0 Å². The maximum absolute atomic E-state index is 8.76. The first-order valence-corrected chi connectivity index (χ1v) is 8.48. The van der Waals surface area contributed by atoms with Crippen molar-refractivity contribution in [1.82, 2.24) is 5.32 Å². The molecule has 0 aromatic heterocycles. The molecular weight excluding hydrogens is 262 g/mol. The fourth-order valence-corrected chi connectivity index (χ4v) is 3.51. The molecule has 0 saturated carbocycles. The molecule has 3 heteroatoms. The first-order valence-electron chi connectivity index (χ1n) is 8.48. The molecule has 0 radical (unpaired) electrons. The molecule has 0 amide bonds. The average Bonchev–Trinajstić information content (AvgIpc) is 2.95. The van der Waals surface area contributed by atoms with Crippen molar-refractivity contribution in [3.8, 4) is 5.75 Å². The first kappa shape index (κ1) is 14.9. The van der Waals surface area contributed by atoms with Gasteiger partial charge >= 0.3 is 0 Å². The van der Waals surface area contributed by atoms with Gasteiger partial charge in [-0.05, 0) is 61.4 Å². The zero-order valence-corrected chi connectivity index (χ0v) is 12.9. The van der Waals surface area contributed by atoms with Crippen LogP contribution in [0.1, 0.15) is 48.8 Å². The van der Waals surface area contributed by atoms with Crippen LogP contribution >= 0.6 is 0 Å². The van der Waals surface area contributed by atoms with E-state index in [-0.39, 0.29) is 0 Å². The van der Waals surface area contributed by atoms with Crippen molar-refractivity contribution in [2.75, 3.05) is 19.8 Å². The highest BCUT2D eigenvalue weighted by molar-refractivity contribution is 5.46. The minimum absolute atomic E-state index is 0.333. The van der Waals surface area contributed by atoms with Gasteiger partial charge in [0, 0.05) is 19.1 Å². The summed E-state index contributed by atoms with van der Waals surface area (Å²) in [5.41, 5.74) is 4.43. The van der Waals surface area contributed by atoms with E-state index < -0.39 is 0 Å². The number of hydrogen-bond donors (Lipinski definition) is 2. The molecular formula is C18H27NO2. The Morgan fingerprint density at radius 3 is 2.86 bits per heavy atom. The summed E-state index contributed by atoms with van der Waals surface area (Å²) < 4.78 is 5.69. The zero-order chi connectivity index (χ0) is 14.5. The Hall–Kier alpha value is -1.06. The van der Waals surface area contributed by atoms with Crippen LogP contribution in [0.15, 0.2) is 12.1 Å². The Balaban J connectivity index is 1.46. The van der Waals surface area contributed by atoms with Crippen LogP contribution in [0.2, 0.25) is 0 Å². The number of unbranched alkanes of at least 4 members (excludes halogenated alkanes) is 3. The fourth-order valence-electron chi connectivity index (χ4n) is 3.51. The van der Waals surface area contributed by atoms with Crippen molar-refractivity contribution in [2.24, 2.45) is 0 Å². The Bertz CT molecular complexity index is 473. The predicted molar refractivity (Wildman–Crippen MR) is 85.0 cm³/mol. The van der Waals surface area contributed by atoms with Gasteiger partial charge in [0.25, 0.3) is 0 Å². The van der Waals surface area contributed by atoms with Gasteiger partial charge in [-0.15, -0.1) is 0 Å². The number of nitrogens with one attached hydrogen (secondary N) is 1. The molecule has 1 unspecified atom stereocenters. The van der Waals surface area contributed by atoms with Crippen molar-refractivity contribution < 1.29 is 9.84 Å². The minimum atomic E-state index is 0.333. The number of benzene rings is 1. The molecule has 1 aliphatic heterocycles. The number of rotatable bonds is 7. The van der Waals surface area contributed by atoms with Gasteiger partial charge in [-0.3, -0.25) is 0 Å². The van der Waals surface area contributed by atoms with E-state index in [0.717, 1.165) is 44.6 Å². The Kier molecular flexibility index (Phi) is 5.15. The zero-order valence-electron chi connectivity index (χ0n) is 12.9. The molecule has 1 aromatic rings. The van der Waals surface area contributed by atoms with Gasteiger partial charge in [0.2, 0.25) is 0 Å². The highest BCUT2D eigenvalue weighted by Gasteiger charge is 2.22. The van der Waals surface area contributed by atoms with Gasteiger partial charge in [-0.2, -0.15) is 0 Å². The summed E-state index contributed by atoms with van der Waals surface area (Å²) in [6.07, 6.45) is 9.21. The smallest absolute Gasteiger partial charge is 0.122 e. The second-order valence-corrected chi connectivity index (χ2v) is 6.36. The molecule has 0 fully saturated rings. The average molecular weight is 289 g/mol. The molecule has 2 N–H and O–H groups in total. The summed E-state index contributed by atoms with van der Waals surface area (Å²) in [5.74, 6) is 1.12. The lowest BCUT2D eigenvalue weighted by molar-refractivity contribution is 0.282. The second-order valence-electron chi connectivity index (χ2n) is 6.36. The third-order valence-electron chi connectivity index (χ3n) is 4.76. The number of hydrogen-bond acceptors (Lipinski definition) is 3. The van der Waals surface area contributed by atoms with Crippen LogP contribution in [-0.4, -0.2) is 30.9 Å². The second kappa shape index (κ2) is 7.28. The summed E-state index contributed by atoms with van der Waals surface area (Å²) in [4.78, 5) is 0. The third kappa shape index (κ3) is 3.78. The molecule has 1 heterocycles. The number of aliphatic hydroxyl groups is 1. The summed E-state index contributed by atoms with van der Waals surface area (Å²) >= 11 is 0. The normalized spacial score (nSPS) is 20.0. The Morgan fingerprint density at radius 2 is 1.95 bits per heavy atom. The van der Waals surface area contributed by atoms with Gasteiger partial charge in [-0.25, -0.2) is 0 Å². The summed E-state index contributed by atoms with van der Waals surface area (Å²) in [6, 6.07) is 5.28. The van der Waals surface area contributed by atoms with Crippen molar-refractivity contribution in [3.63, 3.8) is 0 Å². The van der Waals surface area contributed by atoms with E-state index in [1.54, 1.807) is 5.56 Å². The fraction of sp³-hybridized carbons (Fsp3) is 0.667. The van der Waals surface area contributed by atoms with Crippen LogP contribution < -0.4 is 10.1 Å². The quantitative estimate of drug-likeness (QED) is 0.758. The van der Waals surface area contributed by atoms with E-state index >= 15 is 0 Å². The molecule has 3 rings (SSSR count). The number of aliphatic hydroxyl groups excluding tert-OH is 1. The lowest BCUT2D eigenvalue weighted by Gasteiger charge is -2.26. The van der Waals surface area contributed by atoms with Crippen LogP contribution in [-0.2, 0) is 19.3 Å². The van der Waals surface area contributed by atoms with Gasteiger partial charge in [0.1, 0.15) is 5.75 Å². The van der Waals surface area contributed by atoms with Crippen LogP contribution in [0.3, 0.4) is 0 Å². The molecule has 1 aromatic carbocycles. The molecule has 116 valence electrons. The van der Waals surface area contributed by atoms with Crippen molar-refractivity contribution in [1.29, 1.82) is 0 Å². The van der Waals surface area contributed by atoms with E-state index in [9.17, 15) is 0 Å². The largest absolute Gasteiger partial charge is 0.493 e. The summed E-state index contributed by atoms with van der Waals surface area (Å²) in [6.45, 7) is 2.29. The third-order valence-corrected chi connectivity index (χ3v) is 4.76. The number of ether oxygens (including phenoxy) is 1. The maximum atomic E-state index is 8.76. The lowest BCUT2D eigenvalue weighted by atomic mass is 9.86. The highest BCUT2D eigenvalue weighted by Crippen LogP contribution is 2.32. The van der Waals surface area contributed by atoms with Gasteiger partial charge in [-0.1, -0.05) is 18.9 Å². The SMILES string of the molecule is OCCCCCCNC1CCc2cc3c(cc2C1)OCC3. The molecule has 0 bridgehead atoms. The van der Waals surface area contributed by atoms with Crippen LogP contribution in [0.5, 0.6) is 5.75 Å². The molecule has 3 nitrogen and oxygen atoms in total. The molecule has 1 atom stereocenters.